The van der Waals surface area contributed by atoms with E-state index in [2.05, 4.69) is 24.1 Å². The lowest BCUT2D eigenvalue weighted by molar-refractivity contribution is 0.0922. The van der Waals surface area contributed by atoms with Crippen molar-refractivity contribution in [3.05, 3.63) is 29.8 Å². The van der Waals surface area contributed by atoms with Crippen LogP contribution in [0.4, 0.5) is 5.69 Å². The van der Waals surface area contributed by atoms with E-state index in [0.29, 0.717) is 23.2 Å². The van der Waals surface area contributed by atoms with Crippen LogP contribution in [-0.4, -0.2) is 36.5 Å². The first-order valence-corrected chi connectivity index (χ1v) is 7.44. The summed E-state index contributed by atoms with van der Waals surface area (Å²) < 4.78 is 0. The van der Waals surface area contributed by atoms with Crippen molar-refractivity contribution in [2.24, 2.45) is 5.92 Å². The quantitative estimate of drug-likeness (QED) is 0.823. The SMILES string of the molecule is CC(C)N1CCCC(CNC(=O)c2cccc(N)c2)C1.Cl.Cl. The summed E-state index contributed by atoms with van der Waals surface area (Å²) in [5.41, 5.74) is 6.97. The van der Waals surface area contributed by atoms with E-state index in [9.17, 15) is 4.79 Å². The number of likely N-dealkylation sites (tertiary alicyclic amines) is 1. The number of nitrogen functional groups attached to an aromatic ring is 1. The fraction of sp³-hybridized carbons (Fsp3) is 0.562. The van der Waals surface area contributed by atoms with Gasteiger partial charge in [0.2, 0.25) is 0 Å². The van der Waals surface area contributed by atoms with Crippen molar-refractivity contribution < 1.29 is 4.79 Å². The number of anilines is 1. The third-order valence-corrected chi connectivity index (χ3v) is 3.98. The van der Waals surface area contributed by atoms with Gasteiger partial charge in [-0.05, 0) is 57.4 Å². The average molecular weight is 348 g/mol. The minimum atomic E-state index is -0.0287. The molecule has 0 spiro atoms. The normalized spacial score (nSPS) is 18.2. The first kappa shape index (κ1) is 21.0. The lowest BCUT2D eigenvalue weighted by Gasteiger charge is -2.35. The molecule has 4 nitrogen and oxygen atoms in total. The Hall–Kier alpha value is -0.970. The number of nitrogens with one attached hydrogen (secondary N) is 1. The molecule has 0 aromatic heterocycles. The maximum absolute atomic E-state index is 12.1. The highest BCUT2D eigenvalue weighted by Crippen LogP contribution is 2.18. The summed E-state index contributed by atoms with van der Waals surface area (Å²) in [7, 11) is 0. The van der Waals surface area contributed by atoms with Crippen LogP contribution in [0.15, 0.2) is 24.3 Å². The Labute approximate surface area is 145 Å². The molecule has 126 valence electrons. The number of carbonyl (C=O) groups excluding carboxylic acids is 1. The molecule has 1 aliphatic rings. The van der Waals surface area contributed by atoms with Crippen molar-refractivity contribution in [2.45, 2.75) is 32.7 Å². The second-order valence-corrected chi connectivity index (χ2v) is 5.93. The smallest absolute Gasteiger partial charge is 0.251 e. The van der Waals surface area contributed by atoms with Gasteiger partial charge in [-0.25, -0.2) is 0 Å². The van der Waals surface area contributed by atoms with Gasteiger partial charge < -0.3 is 16.0 Å². The third-order valence-electron chi connectivity index (χ3n) is 3.98. The molecular formula is C16H27Cl2N3O. The van der Waals surface area contributed by atoms with E-state index in [-0.39, 0.29) is 30.7 Å². The van der Waals surface area contributed by atoms with E-state index in [1.165, 1.54) is 19.4 Å². The van der Waals surface area contributed by atoms with Crippen LogP contribution in [0.25, 0.3) is 0 Å². The highest BCUT2D eigenvalue weighted by molar-refractivity contribution is 5.94. The molecule has 1 fully saturated rings. The molecule has 0 bridgehead atoms. The molecule has 0 saturated carbocycles. The molecule has 1 aliphatic heterocycles. The molecular weight excluding hydrogens is 321 g/mol. The fourth-order valence-electron chi connectivity index (χ4n) is 2.75. The first-order chi connectivity index (χ1) is 9.56. The number of carbonyl (C=O) groups is 1. The fourth-order valence-corrected chi connectivity index (χ4v) is 2.75. The Morgan fingerprint density at radius 2 is 2.14 bits per heavy atom. The van der Waals surface area contributed by atoms with Crippen LogP contribution < -0.4 is 11.1 Å². The minimum absolute atomic E-state index is 0. The molecule has 1 aromatic carbocycles. The van der Waals surface area contributed by atoms with Crippen molar-refractivity contribution >= 4 is 36.4 Å². The maximum Gasteiger partial charge on any atom is 0.251 e. The van der Waals surface area contributed by atoms with Crippen molar-refractivity contribution in [3.63, 3.8) is 0 Å². The summed E-state index contributed by atoms with van der Waals surface area (Å²) in [6.07, 6.45) is 2.41. The predicted octanol–water partition coefficient (Wildman–Crippen LogP) is 2.96. The molecule has 3 N–H and O–H groups in total. The number of piperidine rings is 1. The highest BCUT2D eigenvalue weighted by Gasteiger charge is 2.22. The zero-order valence-electron chi connectivity index (χ0n) is 13.2. The van der Waals surface area contributed by atoms with Crippen LogP contribution in [-0.2, 0) is 0 Å². The van der Waals surface area contributed by atoms with Crippen LogP contribution in [0.3, 0.4) is 0 Å². The third kappa shape index (κ3) is 6.03. The number of hydrogen-bond acceptors (Lipinski definition) is 3. The van der Waals surface area contributed by atoms with Gasteiger partial charge in [-0.1, -0.05) is 6.07 Å². The number of amides is 1. The van der Waals surface area contributed by atoms with Crippen LogP contribution in [0.5, 0.6) is 0 Å². The van der Waals surface area contributed by atoms with Crippen LogP contribution in [0.1, 0.15) is 37.0 Å². The van der Waals surface area contributed by atoms with Crippen molar-refractivity contribution in [1.29, 1.82) is 0 Å². The summed E-state index contributed by atoms with van der Waals surface area (Å²) in [6.45, 7) is 7.46. The number of nitrogens with two attached hydrogens (primary N) is 1. The Bertz CT molecular complexity index is 468. The van der Waals surface area contributed by atoms with Gasteiger partial charge in [0.25, 0.3) is 5.91 Å². The molecule has 1 atom stereocenters. The summed E-state index contributed by atoms with van der Waals surface area (Å²) in [5, 5.41) is 3.03. The lowest BCUT2D eigenvalue weighted by atomic mass is 9.97. The molecule has 1 saturated heterocycles. The standard InChI is InChI=1S/C16H25N3O.2ClH/c1-12(2)19-8-4-5-13(11-19)10-18-16(20)14-6-3-7-15(17)9-14;;/h3,6-7,9,12-13H,4-5,8,10-11,17H2,1-2H3,(H,18,20);2*1H. The molecule has 0 radical (unpaired) electrons. The zero-order valence-corrected chi connectivity index (χ0v) is 14.9. The van der Waals surface area contributed by atoms with E-state index in [1.54, 1.807) is 18.2 Å². The van der Waals surface area contributed by atoms with Gasteiger partial charge >= 0.3 is 0 Å². The van der Waals surface area contributed by atoms with E-state index >= 15 is 0 Å². The topological polar surface area (TPSA) is 58.4 Å². The van der Waals surface area contributed by atoms with Gasteiger partial charge in [0.15, 0.2) is 0 Å². The molecule has 6 heteroatoms. The summed E-state index contributed by atoms with van der Waals surface area (Å²) >= 11 is 0. The van der Waals surface area contributed by atoms with Crippen molar-refractivity contribution in [1.82, 2.24) is 10.2 Å². The first-order valence-electron chi connectivity index (χ1n) is 7.44. The summed E-state index contributed by atoms with van der Waals surface area (Å²) in [6, 6.07) is 7.70. The monoisotopic (exact) mass is 347 g/mol. The lowest BCUT2D eigenvalue weighted by Crippen LogP contribution is -2.43. The van der Waals surface area contributed by atoms with Gasteiger partial charge in [-0.3, -0.25) is 4.79 Å². The molecule has 2 rings (SSSR count). The van der Waals surface area contributed by atoms with Gasteiger partial charge in [0.05, 0.1) is 0 Å². The Kier molecular flexibility index (Phi) is 9.49. The van der Waals surface area contributed by atoms with Crippen molar-refractivity contribution in [3.8, 4) is 0 Å². The second-order valence-electron chi connectivity index (χ2n) is 5.93. The molecule has 1 aromatic rings. The second kappa shape index (κ2) is 9.93. The Morgan fingerprint density at radius 1 is 1.41 bits per heavy atom. The Morgan fingerprint density at radius 3 is 2.77 bits per heavy atom. The van der Waals surface area contributed by atoms with Crippen LogP contribution in [0, 0.1) is 5.92 Å². The number of halogens is 2. The molecule has 1 amide bonds. The summed E-state index contributed by atoms with van der Waals surface area (Å²) in [5.74, 6) is 0.523. The number of hydrogen-bond donors (Lipinski definition) is 2. The summed E-state index contributed by atoms with van der Waals surface area (Å²) in [4.78, 5) is 14.6. The largest absolute Gasteiger partial charge is 0.399 e. The molecule has 1 unspecified atom stereocenters. The van der Waals surface area contributed by atoms with Crippen LogP contribution in [0.2, 0.25) is 0 Å². The van der Waals surface area contributed by atoms with Gasteiger partial charge in [0.1, 0.15) is 0 Å². The highest BCUT2D eigenvalue weighted by atomic mass is 35.5. The number of benzene rings is 1. The molecule has 0 aliphatic carbocycles. The van der Waals surface area contributed by atoms with E-state index in [4.69, 9.17) is 5.73 Å². The maximum atomic E-state index is 12.1. The van der Waals surface area contributed by atoms with Gasteiger partial charge in [0, 0.05) is 30.4 Å². The van der Waals surface area contributed by atoms with Crippen LogP contribution >= 0.6 is 24.8 Å². The number of rotatable bonds is 4. The minimum Gasteiger partial charge on any atom is -0.399 e. The molecule has 22 heavy (non-hydrogen) atoms. The van der Waals surface area contributed by atoms with E-state index < -0.39 is 0 Å². The van der Waals surface area contributed by atoms with Crippen molar-refractivity contribution in [2.75, 3.05) is 25.4 Å². The Balaban J connectivity index is 0.00000220. The average Bonchev–Trinajstić information content (AvgIpc) is 2.45. The zero-order chi connectivity index (χ0) is 14.5. The van der Waals surface area contributed by atoms with E-state index in [1.807, 2.05) is 6.07 Å². The predicted molar refractivity (Wildman–Crippen MR) is 97.1 cm³/mol. The van der Waals surface area contributed by atoms with Gasteiger partial charge in [-0.15, -0.1) is 24.8 Å². The van der Waals surface area contributed by atoms with E-state index in [0.717, 1.165) is 13.1 Å². The van der Waals surface area contributed by atoms with Gasteiger partial charge in [-0.2, -0.15) is 0 Å². The molecule has 1 heterocycles. The number of nitrogens with zero attached hydrogens (tertiary/aromatic N) is 1.